The van der Waals surface area contributed by atoms with E-state index in [1.165, 1.54) is 5.56 Å². The third kappa shape index (κ3) is 4.43. The van der Waals surface area contributed by atoms with Crippen LogP contribution in [0.2, 0.25) is 0 Å². The van der Waals surface area contributed by atoms with Crippen molar-refractivity contribution in [2.75, 3.05) is 19.5 Å². The summed E-state index contributed by atoms with van der Waals surface area (Å²) < 4.78 is 10.5. The third-order valence-electron chi connectivity index (χ3n) is 4.33. The van der Waals surface area contributed by atoms with Crippen LogP contribution in [0.15, 0.2) is 42.5 Å². The number of hydrogen-bond donors (Lipinski definition) is 2. The Bertz CT molecular complexity index is 985. The molecule has 0 saturated carbocycles. The number of amides is 2. The summed E-state index contributed by atoms with van der Waals surface area (Å²) in [5.74, 6) is 1.19. The minimum Gasteiger partial charge on any atom is -0.497 e. The normalized spacial score (nSPS) is 10.4. The number of thiazole rings is 1. The van der Waals surface area contributed by atoms with Crippen LogP contribution in [0.5, 0.6) is 11.5 Å². The monoisotopic (exact) mass is 397 g/mol. The van der Waals surface area contributed by atoms with E-state index in [0.717, 1.165) is 21.1 Å². The van der Waals surface area contributed by atoms with E-state index in [1.54, 1.807) is 43.8 Å². The zero-order valence-corrected chi connectivity index (χ0v) is 17.1. The highest BCUT2D eigenvalue weighted by molar-refractivity contribution is 7.15. The van der Waals surface area contributed by atoms with Crippen LogP contribution in [0.4, 0.5) is 10.5 Å². The van der Waals surface area contributed by atoms with Gasteiger partial charge in [0, 0.05) is 16.5 Å². The molecule has 0 fully saturated rings. The van der Waals surface area contributed by atoms with Crippen LogP contribution in [-0.4, -0.2) is 25.2 Å². The summed E-state index contributed by atoms with van der Waals surface area (Å²) in [6, 6.07) is 13.1. The quantitative estimate of drug-likeness (QED) is 0.629. The minimum atomic E-state index is -0.311. The first-order chi connectivity index (χ1) is 13.5. The molecule has 28 heavy (non-hydrogen) atoms. The van der Waals surface area contributed by atoms with Gasteiger partial charge in [0.15, 0.2) is 0 Å². The summed E-state index contributed by atoms with van der Waals surface area (Å²) in [7, 11) is 3.13. The lowest BCUT2D eigenvalue weighted by Gasteiger charge is -2.12. The molecule has 2 N–H and O–H groups in total. The number of nitrogens with one attached hydrogen (secondary N) is 2. The summed E-state index contributed by atoms with van der Waals surface area (Å²) in [6.07, 6.45) is 0. The number of methoxy groups -OCH3 is 2. The zero-order chi connectivity index (χ0) is 20.1. The van der Waals surface area contributed by atoms with Gasteiger partial charge >= 0.3 is 6.03 Å². The van der Waals surface area contributed by atoms with Gasteiger partial charge in [-0.05, 0) is 31.5 Å². The molecule has 7 heteroatoms. The van der Waals surface area contributed by atoms with E-state index in [4.69, 9.17) is 9.47 Å². The standard InChI is InChI=1S/C21H23N3O3S/c1-13-7-5-6-8-16(13)20-23-14(2)19(28-20)12-22-21(25)24-17-10-9-15(26-3)11-18(17)27-4/h5-11H,12H2,1-4H3,(H2,22,24,25). The Morgan fingerprint density at radius 2 is 1.89 bits per heavy atom. The van der Waals surface area contributed by atoms with Gasteiger partial charge in [-0.3, -0.25) is 0 Å². The Hall–Kier alpha value is -3.06. The van der Waals surface area contributed by atoms with Crippen molar-refractivity contribution in [3.05, 3.63) is 58.6 Å². The van der Waals surface area contributed by atoms with E-state index in [-0.39, 0.29) is 6.03 Å². The van der Waals surface area contributed by atoms with Gasteiger partial charge in [-0.1, -0.05) is 24.3 Å². The number of carbonyl (C=O) groups is 1. The van der Waals surface area contributed by atoms with E-state index in [0.29, 0.717) is 23.7 Å². The van der Waals surface area contributed by atoms with E-state index in [2.05, 4.69) is 34.7 Å². The molecule has 3 aromatic rings. The predicted octanol–water partition coefficient (Wildman–Crippen LogP) is 4.77. The van der Waals surface area contributed by atoms with Gasteiger partial charge in [-0.25, -0.2) is 9.78 Å². The minimum absolute atomic E-state index is 0.311. The highest BCUT2D eigenvalue weighted by Crippen LogP contribution is 2.31. The number of benzene rings is 2. The first-order valence-corrected chi connectivity index (χ1v) is 9.62. The Kier molecular flexibility index (Phi) is 6.16. The van der Waals surface area contributed by atoms with Gasteiger partial charge in [0.2, 0.25) is 0 Å². The zero-order valence-electron chi connectivity index (χ0n) is 16.3. The molecule has 2 amide bonds. The molecule has 146 valence electrons. The number of aryl methyl sites for hydroxylation is 2. The fraction of sp³-hybridized carbons (Fsp3) is 0.238. The first kappa shape index (κ1) is 19.7. The summed E-state index contributed by atoms with van der Waals surface area (Å²) >= 11 is 1.59. The van der Waals surface area contributed by atoms with E-state index in [9.17, 15) is 4.79 Å². The highest BCUT2D eigenvalue weighted by atomic mass is 32.1. The molecular weight excluding hydrogens is 374 g/mol. The first-order valence-electron chi connectivity index (χ1n) is 8.81. The van der Waals surface area contributed by atoms with Crippen molar-refractivity contribution in [1.82, 2.24) is 10.3 Å². The summed E-state index contributed by atoms with van der Waals surface area (Å²) in [6.45, 7) is 4.43. The van der Waals surface area contributed by atoms with Crippen LogP contribution in [0.25, 0.3) is 10.6 Å². The van der Waals surface area contributed by atoms with Crippen LogP contribution < -0.4 is 20.1 Å². The Morgan fingerprint density at radius 3 is 2.61 bits per heavy atom. The van der Waals surface area contributed by atoms with Gasteiger partial charge in [-0.2, -0.15) is 0 Å². The number of ether oxygens (including phenoxy) is 2. The molecule has 6 nitrogen and oxygen atoms in total. The molecule has 2 aromatic carbocycles. The molecule has 0 radical (unpaired) electrons. The number of carbonyl (C=O) groups excluding carboxylic acids is 1. The van der Waals surface area contributed by atoms with Crippen molar-refractivity contribution in [2.45, 2.75) is 20.4 Å². The van der Waals surface area contributed by atoms with Crippen molar-refractivity contribution >= 4 is 23.1 Å². The molecule has 0 spiro atoms. The van der Waals surface area contributed by atoms with Crippen molar-refractivity contribution < 1.29 is 14.3 Å². The van der Waals surface area contributed by atoms with Crippen molar-refractivity contribution in [2.24, 2.45) is 0 Å². The number of aromatic nitrogens is 1. The van der Waals surface area contributed by atoms with Gasteiger partial charge in [-0.15, -0.1) is 11.3 Å². The Labute approximate surface area is 168 Å². The van der Waals surface area contributed by atoms with E-state index < -0.39 is 0 Å². The molecule has 0 bridgehead atoms. The van der Waals surface area contributed by atoms with Crippen LogP contribution in [0.1, 0.15) is 16.1 Å². The number of hydrogen-bond acceptors (Lipinski definition) is 5. The lowest BCUT2D eigenvalue weighted by atomic mass is 10.1. The van der Waals surface area contributed by atoms with Crippen molar-refractivity contribution in [3.8, 4) is 22.1 Å². The molecule has 0 saturated heterocycles. The third-order valence-corrected chi connectivity index (χ3v) is 5.53. The summed E-state index contributed by atoms with van der Waals surface area (Å²) in [4.78, 5) is 18.0. The molecule has 0 aliphatic carbocycles. The number of urea groups is 1. The second kappa shape index (κ2) is 8.75. The maximum absolute atomic E-state index is 12.3. The molecule has 0 atom stereocenters. The molecule has 0 aliphatic heterocycles. The molecule has 0 aliphatic rings. The SMILES string of the molecule is COc1ccc(NC(=O)NCc2sc(-c3ccccc3C)nc2C)c(OC)c1. The molecular formula is C21H23N3O3S. The fourth-order valence-corrected chi connectivity index (χ4v) is 3.84. The van der Waals surface area contributed by atoms with Crippen LogP contribution in [0.3, 0.4) is 0 Å². The largest absolute Gasteiger partial charge is 0.497 e. The average Bonchev–Trinajstić information content (AvgIpc) is 3.07. The van der Waals surface area contributed by atoms with Gasteiger partial charge in [0.25, 0.3) is 0 Å². The molecule has 1 aromatic heterocycles. The number of rotatable bonds is 6. The highest BCUT2D eigenvalue weighted by Gasteiger charge is 2.13. The number of nitrogens with zero attached hydrogens (tertiary/aromatic N) is 1. The number of anilines is 1. The average molecular weight is 398 g/mol. The van der Waals surface area contributed by atoms with Gasteiger partial charge in [0.1, 0.15) is 16.5 Å². The maximum Gasteiger partial charge on any atom is 0.319 e. The topological polar surface area (TPSA) is 72.5 Å². The lowest BCUT2D eigenvalue weighted by Crippen LogP contribution is -2.28. The van der Waals surface area contributed by atoms with Crippen molar-refractivity contribution in [3.63, 3.8) is 0 Å². The van der Waals surface area contributed by atoms with Crippen molar-refractivity contribution in [1.29, 1.82) is 0 Å². The van der Waals surface area contributed by atoms with E-state index >= 15 is 0 Å². The van der Waals surface area contributed by atoms with Crippen LogP contribution in [-0.2, 0) is 6.54 Å². The second-order valence-electron chi connectivity index (χ2n) is 6.22. The molecule has 1 heterocycles. The van der Waals surface area contributed by atoms with Crippen LogP contribution in [0, 0.1) is 13.8 Å². The fourth-order valence-electron chi connectivity index (χ4n) is 2.75. The lowest BCUT2D eigenvalue weighted by molar-refractivity contribution is 0.251. The van der Waals surface area contributed by atoms with Crippen LogP contribution >= 0.6 is 11.3 Å². The predicted molar refractivity (Wildman–Crippen MR) is 112 cm³/mol. The smallest absolute Gasteiger partial charge is 0.319 e. The summed E-state index contributed by atoms with van der Waals surface area (Å²) in [5, 5.41) is 6.65. The van der Waals surface area contributed by atoms with Gasteiger partial charge in [0.05, 0.1) is 32.1 Å². The Morgan fingerprint density at radius 1 is 1.11 bits per heavy atom. The maximum atomic E-state index is 12.3. The van der Waals surface area contributed by atoms with E-state index in [1.807, 2.05) is 19.1 Å². The molecule has 3 rings (SSSR count). The second-order valence-corrected chi connectivity index (χ2v) is 7.30. The molecule has 0 unspecified atom stereocenters. The Balaban J connectivity index is 1.66. The summed E-state index contributed by atoms with van der Waals surface area (Å²) in [5.41, 5.74) is 3.79. The van der Waals surface area contributed by atoms with Gasteiger partial charge < -0.3 is 20.1 Å².